The molecule has 0 unspecified atom stereocenters. The number of hydrogen-bond acceptors (Lipinski definition) is 2. The van der Waals surface area contributed by atoms with Crippen LogP contribution in [-0.4, -0.2) is 14.8 Å². The number of ether oxygens (including phenoxy) is 1. The summed E-state index contributed by atoms with van der Waals surface area (Å²) in [5, 5.41) is 6.71. The van der Waals surface area contributed by atoms with E-state index >= 15 is 0 Å². The molecule has 4 nitrogen and oxygen atoms in total. The Kier molecular flexibility index (Phi) is 4.39. The van der Waals surface area contributed by atoms with E-state index in [0.717, 1.165) is 22.3 Å². The molecule has 1 N–H and O–H groups in total. The SMILES string of the molecule is CC(C)c1cc(Oc2cc3ccccc3[nH]2)nn1-c1ccc(Cl)c(Cl)c1. The molecule has 0 saturated carbocycles. The zero-order valence-electron chi connectivity index (χ0n) is 14.3. The maximum Gasteiger partial charge on any atom is 0.240 e. The lowest BCUT2D eigenvalue weighted by Gasteiger charge is -2.10. The third-order valence-electron chi connectivity index (χ3n) is 4.17. The number of H-pyrrole nitrogens is 1. The Hall–Kier alpha value is -2.43. The first-order valence-electron chi connectivity index (χ1n) is 8.32. The molecule has 0 amide bonds. The third-order valence-corrected chi connectivity index (χ3v) is 4.91. The van der Waals surface area contributed by atoms with Crippen molar-refractivity contribution >= 4 is 34.1 Å². The van der Waals surface area contributed by atoms with Crippen molar-refractivity contribution in [2.75, 3.05) is 0 Å². The second-order valence-electron chi connectivity index (χ2n) is 6.40. The lowest BCUT2D eigenvalue weighted by atomic mass is 10.1. The fourth-order valence-corrected chi connectivity index (χ4v) is 3.16. The second kappa shape index (κ2) is 6.71. The molecule has 0 bridgehead atoms. The molecule has 0 radical (unpaired) electrons. The molecule has 0 atom stereocenters. The lowest BCUT2D eigenvalue weighted by molar-refractivity contribution is 0.444. The van der Waals surface area contributed by atoms with Crippen molar-refractivity contribution in [3.63, 3.8) is 0 Å². The van der Waals surface area contributed by atoms with Gasteiger partial charge in [-0.15, -0.1) is 5.10 Å². The molecule has 132 valence electrons. The zero-order valence-corrected chi connectivity index (χ0v) is 15.8. The number of benzene rings is 2. The fourth-order valence-electron chi connectivity index (χ4n) is 2.87. The average molecular weight is 386 g/mol. The Morgan fingerprint density at radius 3 is 2.54 bits per heavy atom. The van der Waals surface area contributed by atoms with Crippen LogP contribution in [0.25, 0.3) is 16.6 Å². The number of hydrogen-bond donors (Lipinski definition) is 1. The van der Waals surface area contributed by atoms with Gasteiger partial charge in [0, 0.05) is 23.0 Å². The van der Waals surface area contributed by atoms with Gasteiger partial charge < -0.3 is 9.72 Å². The van der Waals surface area contributed by atoms with Gasteiger partial charge >= 0.3 is 0 Å². The lowest BCUT2D eigenvalue weighted by Crippen LogP contribution is -2.03. The van der Waals surface area contributed by atoms with E-state index in [9.17, 15) is 0 Å². The maximum atomic E-state index is 6.17. The van der Waals surface area contributed by atoms with Crippen molar-refractivity contribution in [1.29, 1.82) is 0 Å². The van der Waals surface area contributed by atoms with E-state index in [-0.39, 0.29) is 5.92 Å². The summed E-state index contributed by atoms with van der Waals surface area (Å²) in [6.45, 7) is 4.22. The van der Waals surface area contributed by atoms with Crippen LogP contribution in [0.3, 0.4) is 0 Å². The topological polar surface area (TPSA) is 42.8 Å². The number of para-hydroxylation sites is 1. The highest BCUT2D eigenvalue weighted by molar-refractivity contribution is 6.42. The van der Waals surface area contributed by atoms with E-state index in [2.05, 4.69) is 23.9 Å². The molecular weight excluding hydrogens is 369 g/mol. The first-order chi connectivity index (χ1) is 12.5. The van der Waals surface area contributed by atoms with E-state index in [1.165, 1.54) is 0 Å². The van der Waals surface area contributed by atoms with Gasteiger partial charge in [-0.05, 0) is 30.2 Å². The summed E-state index contributed by atoms with van der Waals surface area (Å²) in [6.07, 6.45) is 0. The zero-order chi connectivity index (χ0) is 18.3. The van der Waals surface area contributed by atoms with E-state index < -0.39 is 0 Å². The van der Waals surface area contributed by atoms with Crippen molar-refractivity contribution in [3.05, 3.63) is 70.3 Å². The summed E-state index contributed by atoms with van der Waals surface area (Å²) < 4.78 is 7.80. The van der Waals surface area contributed by atoms with Gasteiger partial charge in [0.25, 0.3) is 0 Å². The van der Waals surface area contributed by atoms with Gasteiger partial charge in [-0.25, -0.2) is 4.68 Å². The minimum atomic E-state index is 0.261. The minimum Gasteiger partial charge on any atom is -0.421 e. The molecule has 26 heavy (non-hydrogen) atoms. The molecule has 0 fully saturated rings. The highest BCUT2D eigenvalue weighted by atomic mass is 35.5. The van der Waals surface area contributed by atoms with Gasteiger partial charge in [0.05, 0.1) is 21.4 Å². The molecule has 2 aromatic carbocycles. The van der Waals surface area contributed by atoms with Crippen molar-refractivity contribution in [3.8, 4) is 17.4 Å². The summed E-state index contributed by atoms with van der Waals surface area (Å²) in [6, 6.07) is 17.4. The smallest absolute Gasteiger partial charge is 0.240 e. The van der Waals surface area contributed by atoms with Crippen LogP contribution in [0.5, 0.6) is 11.8 Å². The van der Waals surface area contributed by atoms with Crippen LogP contribution in [0.15, 0.2) is 54.6 Å². The Balaban J connectivity index is 1.72. The summed E-state index contributed by atoms with van der Waals surface area (Å²) in [4.78, 5) is 3.25. The number of nitrogens with zero attached hydrogens (tertiary/aromatic N) is 2. The number of fused-ring (bicyclic) bond motifs is 1. The van der Waals surface area contributed by atoms with Gasteiger partial charge in [0.1, 0.15) is 0 Å². The predicted octanol–water partition coefficient (Wildman–Crippen LogP) is 6.58. The van der Waals surface area contributed by atoms with Crippen molar-refractivity contribution in [2.45, 2.75) is 19.8 Å². The molecule has 2 aromatic heterocycles. The number of aromatic amines is 1. The predicted molar refractivity (Wildman–Crippen MR) is 106 cm³/mol. The number of rotatable bonds is 4. The van der Waals surface area contributed by atoms with E-state index in [1.807, 2.05) is 47.1 Å². The van der Waals surface area contributed by atoms with Crippen LogP contribution in [0.2, 0.25) is 10.0 Å². The first kappa shape index (κ1) is 17.0. The second-order valence-corrected chi connectivity index (χ2v) is 7.21. The van der Waals surface area contributed by atoms with Crippen LogP contribution < -0.4 is 4.74 Å². The van der Waals surface area contributed by atoms with Crippen LogP contribution in [0, 0.1) is 0 Å². The molecular formula is C20H17Cl2N3O. The fraction of sp³-hybridized carbons (Fsp3) is 0.150. The Morgan fingerprint density at radius 1 is 1.00 bits per heavy atom. The molecule has 0 spiro atoms. The highest BCUT2D eigenvalue weighted by Gasteiger charge is 2.15. The number of nitrogens with one attached hydrogen (secondary N) is 1. The van der Waals surface area contributed by atoms with E-state index in [1.54, 1.807) is 12.1 Å². The maximum absolute atomic E-state index is 6.17. The minimum absolute atomic E-state index is 0.261. The molecule has 0 saturated heterocycles. The van der Waals surface area contributed by atoms with Gasteiger partial charge in [-0.3, -0.25) is 0 Å². The van der Waals surface area contributed by atoms with Gasteiger partial charge in [0.15, 0.2) is 0 Å². The highest BCUT2D eigenvalue weighted by Crippen LogP contribution is 2.30. The number of aromatic nitrogens is 3. The van der Waals surface area contributed by atoms with Crippen LogP contribution in [0.1, 0.15) is 25.5 Å². The largest absolute Gasteiger partial charge is 0.421 e. The normalized spacial score (nSPS) is 11.4. The third kappa shape index (κ3) is 3.18. The Labute approximate surface area is 161 Å². The summed E-state index contributed by atoms with van der Waals surface area (Å²) >= 11 is 12.2. The summed E-state index contributed by atoms with van der Waals surface area (Å²) in [5.74, 6) is 1.43. The standard InChI is InChI=1S/C20H17Cl2N3O/c1-12(2)18-11-20(24-25(18)14-7-8-15(21)16(22)10-14)26-19-9-13-5-3-4-6-17(13)23-19/h3-12,23H,1-2H3. The van der Waals surface area contributed by atoms with Gasteiger partial charge in [-0.1, -0.05) is 55.2 Å². The molecule has 6 heteroatoms. The van der Waals surface area contributed by atoms with Crippen LogP contribution >= 0.6 is 23.2 Å². The van der Waals surface area contributed by atoms with E-state index in [0.29, 0.717) is 21.8 Å². The molecule has 4 aromatic rings. The van der Waals surface area contributed by atoms with Crippen molar-refractivity contribution in [2.24, 2.45) is 0 Å². The molecule has 0 aliphatic carbocycles. The monoisotopic (exact) mass is 385 g/mol. The quantitative estimate of drug-likeness (QED) is 0.431. The average Bonchev–Trinajstić information content (AvgIpc) is 3.21. The van der Waals surface area contributed by atoms with Gasteiger partial charge in [-0.2, -0.15) is 0 Å². The summed E-state index contributed by atoms with van der Waals surface area (Å²) in [5.41, 5.74) is 2.89. The Morgan fingerprint density at radius 2 is 1.81 bits per heavy atom. The van der Waals surface area contributed by atoms with Crippen molar-refractivity contribution < 1.29 is 4.74 Å². The van der Waals surface area contributed by atoms with Crippen molar-refractivity contribution in [1.82, 2.24) is 14.8 Å². The molecule has 0 aliphatic heterocycles. The number of halogens is 2. The molecule has 4 rings (SSSR count). The van der Waals surface area contributed by atoms with Gasteiger partial charge in [0.2, 0.25) is 11.8 Å². The van der Waals surface area contributed by atoms with E-state index in [4.69, 9.17) is 27.9 Å². The summed E-state index contributed by atoms with van der Waals surface area (Å²) in [7, 11) is 0. The Bertz CT molecular complexity index is 1050. The molecule has 0 aliphatic rings. The van der Waals surface area contributed by atoms with Crippen LogP contribution in [-0.2, 0) is 0 Å². The molecule has 2 heterocycles. The van der Waals surface area contributed by atoms with Crippen LogP contribution in [0.4, 0.5) is 0 Å². The first-order valence-corrected chi connectivity index (χ1v) is 9.08.